The minimum absolute atomic E-state index is 0.102. The molecule has 0 aliphatic carbocycles. The van der Waals surface area contributed by atoms with Crippen LogP contribution in [0.15, 0.2) is 18.2 Å². The molecule has 0 aromatic heterocycles. The zero-order chi connectivity index (χ0) is 13.1. The molecule has 94 valence electrons. The Hall–Kier alpha value is -0.490. The van der Waals surface area contributed by atoms with Gasteiger partial charge >= 0.3 is 5.97 Å². The molecule has 0 radical (unpaired) electrons. The number of hydrogen-bond acceptors (Lipinski definition) is 3. The van der Waals surface area contributed by atoms with Crippen molar-refractivity contribution in [2.24, 2.45) is 0 Å². The van der Waals surface area contributed by atoms with E-state index < -0.39 is 5.60 Å². The van der Waals surface area contributed by atoms with Gasteiger partial charge in [-0.3, -0.25) is 0 Å². The van der Waals surface area contributed by atoms with Gasteiger partial charge in [-0.05, 0) is 61.6 Å². The quantitative estimate of drug-likeness (QED) is 0.603. The number of ether oxygens (including phenoxy) is 2. The summed E-state index contributed by atoms with van der Waals surface area (Å²) in [7, 11) is 0. The number of benzene rings is 1. The molecule has 0 bridgehead atoms. The molecule has 0 fully saturated rings. The molecule has 1 rings (SSSR count). The fourth-order valence-electron chi connectivity index (χ4n) is 1.10. The van der Waals surface area contributed by atoms with Crippen molar-refractivity contribution in [2.75, 3.05) is 6.61 Å². The highest BCUT2D eigenvalue weighted by Crippen LogP contribution is 2.24. The number of esters is 1. The van der Waals surface area contributed by atoms with Gasteiger partial charge < -0.3 is 9.47 Å². The second-order valence-electron chi connectivity index (χ2n) is 4.45. The lowest BCUT2D eigenvalue weighted by Crippen LogP contribution is -2.27. The van der Waals surface area contributed by atoms with Crippen molar-refractivity contribution in [3.63, 3.8) is 0 Å². The van der Waals surface area contributed by atoms with Crippen LogP contribution in [0.25, 0.3) is 0 Å². The molecule has 0 unspecified atom stereocenters. The number of rotatable bonds is 3. The summed E-state index contributed by atoms with van der Waals surface area (Å²) < 4.78 is 11.3. The average Bonchev–Trinajstić information content (AvgIpc) is 2.13. The predicted molar refractivity (Wildman–Crippen MR) is 75.5 cm³/mol. The Kier molecular flexibility index (Phi) is 5.06. The summed E-state index contributed by atoms with van der Waals surface area (Å²) in [5, 5.41) is 0.638. The van der Waals surface area contributed by atoms with Crippen LogP contribution in [-0.4, -0.2) is 18.2 Å². The summed E-state index contributed by atoms with van der Waals surface area (Å²) in [6.45, 7) is 5.35. The van der Waals surface area contributed by atoms with Crippen molar-refractivity contribution in [2.45, 2.75) is 26.4 Å². The van der Waals surface area contributed by atoms with Crippen LogP contribution >= 0.6 is 34.2 Å². The largest absolute Gasteiger partial charge is 0.481 e. The number of carbonyl (C=O) groups excluding carboxylic acids is 1. The third-order valence-electron chi connectivity index (χ3n) is 1.66. The van der Waals surface area contributed by atoms with E-state index in [0.717, 1.165) is 3.57 Å². The van der Waals surface area contributed by atoms with Crippen LogP contribution in [0.2, 0.25) is 5.02 Å². The molecule has 0 saturated heterocycles. The third-order valence-corrected chi connectivity index (χ3v) is 2.74. The van der Waals surface area contributed by atoms with Gasteiger partial charge in [0.1, 0.15) is 11.4 Å². The predicted octanol–water partition coefficient (Wildman–Crippen LogP) is 3.67. The Morgan fingerprint density at radius 3 is 2.59 bits per heavy atom. The Bertz CT molecular complexity index is 413. The lowest BCUT2D eigenvalue weighted by Gasteiger charge is -2.19. The van der Waals surface area contributed by atoms with Gasteiger partial charge in [0.15, 0.2) is 6.61 Å². The second kappa shape index (κ2) is 5.91. The molecule has 0 atom stereocenters. The van der Waals surface area contributed by atoms with Gasteiger partial charge in [0, 0.05) is 5.02 Å². The van der Waals surface area contributed by atoms with Gasteiger partial charge in [0.05, 0.1) is 3.57 Å². The highest BCUT2D eigenvalue weighted by atomic mass is 127. The maximum atomic E-state index is 11.4. The Morgan fingerprint density at radius 1 is 1.41 bits per heavy atom. The molecule has 3 nitrogen and oxygen atoms in total. The topological polar surface area (TPSA) is 35.5 Å². The zero-order valence-electron chi connectivity index (χ0n) is 9.92. The van der Waals surface area contributed by atoms with Crippen molar-refractivity contribution < 1.29 is 14.3 Å². The summed E-state index contributed by atoms with van der Waals surface area (Å²) in [5.74, 6) is 0.240. The lowest BCUT2D eigenvalue weighted by atomic mass is 10.2. The Morgan fingerprint density at radius 2 is 2.06 bits per heavy atom. The van der Waals surface area contributed by atoms with E-state index in [1.165, 1.54) is 0 Å². The maximum Gasteiger partial charge on any atom is 0.344 e. The van der Waals surface area contributed by atoms with E-state index >= 15 is 0 Å². The summed E-state index contributed by atoms with van der Waals surface area (Å²) in [6.07, 6.45) is 0. The van der Waals surface area contributed by atoms with Crippen molar-refractivity contribution >= 4 is 40.2 Å². The van der Waals surface area contributed by atoms with Gasteiger partial charge in [-0.1, -0.05) is 11.6 Å². The van der Waals surface area contributed by atoms with E-state index in [1.54, 1.807) is 18.2 Å². The number of carbonyl (C=O) groups is 1. The van der Waals surface area contributed by atoms with Crippen LogP contribution in [0, 0.1) is 3.57 Å². The molecule has 1 aromatic carbocycles. The second-order valence-corrected chi connectivity index (χ2v) is 6.05. The van der Waals surface area contributed by atoms with E-state index in [9.17, 15) is 4.79 Å². The van der Waals surface area contributed by atoms with Gasteiger partial charge in [-0.15, -0.1) is 0 Å². The highest BCUT2D eigenvalue weighted by Gasteiger charge is 2.16. The molecule has 5 heteroatoms. The molecular formula is C12H14ClIO3. The van der Waals surface area contributed by atoms with Crippen molar-refractivity contribution in [1.29, 1.82) is 0 Å². The average molecular weight is 369 g/mol. The van der Waals surface area contributed by atoms with Crippen LogP contribution in [0.4, 0.5) is 0 Å². The van der Waals surface area contributed by atoms with E-state index in [-0.39, 0.29) is 12.6 Å². The fraction of sp³-hybridized carbons (Fsp3) is 0.417. The van der Waals surface area contributed by atoms with Crippen LogP contribution in [0.3, 0.4) is 0 Å². The summed E-state index contributed by atoms with van der Waals surface area (Å²) in [6, 6.07) is 5.22. The third kappa shape index (κ3) is 5.59. The summed E-state index contributed by atoms with van der Waals surface area (Å²) >= 11 is 7.91. The molecular weight excluding hydrogens is 354 g/mol. The first-order valence-electron chi connectivity index (χ1n) is 5.07. The van der Waals surface area contributed by atoms with Gasteiger partial charge in [-0.25, -0.2) is 4.79 Å². The smallest absolute Gasteiger partial charge is 0.344 e. The number of hydrogen-bond donors (Lipinski definition) is 0. The van der Waals surface area contributed by atoms with Gasteiger partial charge in [0.2, 0.25) is 0 Å². The van der Waals surface area contributed by atoms with Crippen molar-refractivity contribution in [3.8, 4) is 5.75 Å². The number of halogens is 2. The van der Waals surface area contributed by atoms with E-state index in [4.69, 9.17) is 21.1 Å². The molecule has 0 saturated carbocycles. The van der Waals surface area contributed by atoms with Gasteiger partial charge in [0.25, 0.3) is 0 Å². The SMILES string of the molecule is CC(C)(C)OC(=O)COc1ccc(Cl)cc1I. The maximum absolute atomic E-state index is 11.4. The van der Waals surface area contributed by atoms with Crippen LogP contribution in [-0.2, 0) is 9.53 Å². The zero-order valence-corrected chi connectivity index (χ0v) is 12.8. The molecule has 17 heavy (non-hydrogen) atoms. The molecule has 0 heterocycles. The minimum atomic E-state index is -0.492. The lowest BCUT2D eigenvalue weighted by molar-refractivity contribution is -0.157. The Balaban J connectivity index is 2.53. The van der Waals surface area contributed by atoms with Crippen LogP contribution < -0.4 is 4.74 Å². The normalized spacial score (nSPS) is 11.1. The highest BCUT2D eigenvalue weighted by molar-refractivity contribution is 14.1. The molecule has 0 spiro atoms. The summed E-state index contributed by atoms with van der Waals surface area (Å²) in [4.78, 5) is 11.4. The van der Waals surface area contributed by atoms with Crippen LogP contribution in [0.1, 0.15) is 20.8 Å². The van der Waals surface area contributed by atoms with E-state index in [0.29, 0.717) is 10.8 Å². The fourth-order valence-corrected chi connectivity index (χ4v) is 2.13. The van der Waals surface area contributed by atoms with Crippen molar-refractivity contribution in [3.05, 3.63) is 26.8 Å². The standard InChI is InChI=1S/C12H14ClIO3/c1-12(2,3)17-11(15)7-16-10-5-4-8(13)6-9(10)14/h4-6H,7H2,1-3H3. The first-order valence-corrected chi connectivity index (χ1v) is 6.53. The molecule has 0 amide bonds. The molecule has 0 N–H and O–H groups in total. The molecule has 0 aliphatic rings. The first-order chi connectivity index (χ1) is 7.78. The van der Waals surface area contributed by atoms with E-state index in [1.807, 2.05) is 20.8 Å². The van der Waals surface area contributed by atoms with Gasteiger partial charge in [-0.2, -0.15) is 0 Å². The van der Waals surface area contributed by atoms with E-state index in [2.05, 4.69) is 22.6 Å². The molecule has 0 aliphatic heterocycles. The summed E-state index contributed by atoms with van der Waals surface area (Å²) in [5.41, 5.74) is -0.492. The first kappa shape index (κ1) is 14.6. The Labute approximate surface area is 120 Å². The molecule has 1 aromatic rings. The minimum Gasteiger partial charge on any atom is -0.481 e. The monoisotopic (exact) mass is 368 g/mol. The van der Waals surface area contributed by atoms with Crippen molar-refractivity contribution in [1.82, 2.24) is 0 Å². The van der Waals surface area contributed by atoms with Crippen LogP contribution in [0.5, 0.6) is 5.75 Å².